The SMILES string of the molecule is COC(=O)c1ccc(C=CCBr)c(N)c1. The fourth-order valence-corrected chi connectivity index (χ4v) is 1.33. The molecule has 80 valence electrons. The van der Waals surface area contributed by atoms with Crippen LogP contribution in [0.3, 0.4) is 0 Å². The van der Waals surface area contributed by atoms with Gasteiger partial charge in [-0.25, -0.2) is 4.79 Å². The lowest BCUT2D eigenvalue weighted by Crippen LogP contribution is -2.02. The number of rotatable bonds is 3. The number of halogens is 1. The highest BCUT2D eigenvalue weighted by molar-refractivity contribution is 9.09. The summed E-state index contributed by atoms with van der Waals surface area (Å²) in [7, 11) is 1.34. The molecule has 2 N–H and O–H groups in total. The third kappa shape index (κ3) is 3.09. The number of esters is 1. The normalized spacial score (nSPS) is 10.5. The molecular weight excluding hydrogens is 258 g/mol. The Morgan fingerprint density at radius 2 is 2.33 bits per heavy atom. The van der Waals surface area contributed by atoms with E-state index in [0.717, 1.165) is 10.9 Å². The van der Waals surface area contributed by atoms with Crippen molar-refractivity contribution in [1.82, 2.24) is 0 Å². The third-order valence-electron chi connectivity index (χ3n) is 1.89. The Morgan fingerprint density at radius 3 is 2.87 bits per heavy atom. The zero-order valence-electron chi connectivity index (χ0n) is 8.37. The highest BCUT2D eigenvalue weighted by Gasteiger charge is 2.06. The summed E-state index contributed by atoms with van der Waals surface area (Å²) in [6.07, 6.45) is 3.83. The van der Waals surface area contributed by atoms with Gasteiger partial charge in [0.05, 0.1) is 12.7 Å². The van der Waals surface area contributed by atoms with Gasteiger partial charge in [0.1, 0.15) is 0 Å². The van der Waals surface area contributed by atoms with Gasteiger partial charge in [0.2, 0.25) is 0 Å². The van der Waals surface area contributed by atoms with Crippen LogP contribution in [-0.2, 0) is 4.74 Å². The lowest BCUT2D eigenvalue weighted by molar-refractivity contribution is 0.0601. The topological polar surface area (TPSA) is 52.3 Å². The number of carbonyl (C=O) groups excluding carboxylic acids is 1. The maximum atomic E-state index is 11.2. The van der Waals surface area contributed by atoms with Crippen LogP contribution < -0.4 is 5.73 Å². The molecule has 1 aromatic carbocycles. The van der Waals surface area contributed by atoms with E-state index < -0.39 is 0 Å². The van der Waals surface area contributed by atoms with Crippen LogP contribution in [0.1, 0.15) is 15.9 Å². The second-order valence-electron chi connectivity index (χ2n) is 2.89. The molecule has 0 heterocycles. The summed E-state index contributed by atoms with van der Waals surface area (Å²) in [6, 6.07) is 5.09. The summed E-state index contributed by atoms with van der Waals surface area (Å²) >= 11 is 3.28. The summed E-state index contributed by atoms with van der Waals surface area (Å²) < 4.78 is 4.59. The van der Waals surface area contributed by atoms with Crippen molar-refractivity contribution in [2.45, 2.75) is 0 Å². The van der Waals surface area contributed by atoms with Crippen molar-refractivity contribution in [3.8, 4) is 0 Å². The van der Waals surface area contributed by atoms with Crippen LogP contribution in [-0.4, -0.2) is 18.4 Å². The fraction of sp³-hybridized carbons (Fsp3) is 0.182. The monoisotopic (exact) mass is 269 g/mol. The minimum absolute atomic E-state index is 0.377. The van der Waals surface area contributed by atoms with Gasteiger partial charge in [-0.05, 0) is 17.7 Å². The average Bonchev–Trinajstić information content (AvgIpc) is 2.26. The Hall–Kier alpha value is -1.29. The molecule has 3 nitrogen and oxygen atoms in total. The van der Waals surface area contributed by atoms with E-state index in [4.69, 9.17) is 5.73 Å². The average molecular weight is 270 g/mol. The van der Waals surface area contributed by atoms with Crippen molar-refractivity contribution in [3.63, 3.8) is 0 Å². The van der Waals surface area contributed by atoms with E-state index in [-0.39, 0.29) is 5.97 Å². The maximum Gasteiger partial charge on any atom is 0.337 e. The second-order valence-corrected chi connectivity index (χ2v) is 3.54. The third-order valence-corrected chi connectivity index (χ3v) is 2.27. The van der Waals surface area contributed by atoms with Crippen LogP contribution in [0.2, 0.25) is 0 Å². The first-order valence-corrected chi connectivity index (χ1v) is 5.51. The van der Waals surface area contributed by atoms with E-state index in [1.165, 1.54) is 7.11 Å². The number of alkyl halides is 1. The molecule has 0 saturated carbocycles. The van der Waals surface area contributed by atoms with E-state index in [1.54, 1.807) is 18.2 Å². The first-order chi connectivity index (χ1) is 7.19. The number of anilines is 1. The quantitative estimate of drug-likeness (QED) is 0.521. The van der Waals surface area contributed by atoms with E-state index in [2.05, 4.69) is 20.7 Å². The molecule has 0 aliphatic carbocycles. The molecule has 0 saturated heterocycles. The number of hydrogen-bond acceptors (Lipinski definition) is 3. The molecule has 4 heteroatoms. The lowest BCUT2D eigenvalue weighted by atomic mass is 10.1. The van der Waals surface area contributed by atoms with Crippen molar-refractivity contribution >= 4 is 33.7 Å². The Kier molecular flexibility index (Phi) is 4.37. The van der Waals surface area contributed by atoms with Gasteiger partial charge in [0.25, 0.3) is 0 Å². The maximum absolute atomic E-state index is 11.2. The zero-order valence-corrected chi connectivity index (χ0v) is 9.95. The first-order valence-electron chi connectivity index (χ1n) is 4.39. The predicted octanol–water partition coefficient (Wildman–Crippen LogP) is 2.46. The molecule has 0 amide bonds. The van der Waals surface area contributed by atoms with Crippen molar-refractivity contribution in [2.75, 3.05) is 18.2 Å². The number of benzene rings is 1. The summed E-state index contributed by atoms with van der Waals surface area (Å²) in [5, 5.41) is 0.769. The van der Waals surface area contributed by atoms with Crippen LogP contribution in [0.5, 0.6) is 0 Å². The molecule has 0 radical (unpaired) electrons. The molecule has 0 spiro atoms. The van der Waals surface area contributed by atoms with Crippen LogP contribution in [0.25, 0.3) is 6.08 Å². The van der Waals surface area contributed by atoms with Crippen LogP contribution >= 0.6 is 15.9 Å². The van der Waals surface area contributed by atoms with Gasteiger partial charge in [-0.2, -0.15) is 0 Å². The Labute approximate surface area is 97.0 Å². The number of nitrogen functional groups attached to an aromatic ring is 1. The molecule has 0 aromatic heterocycles. The van der Waals surface area contributed by atoms with Gasteiger partial charge in [0.15, 0.2) is 0 Å². The van der Waals surface area contributed by atoms with E-state index in [1.807, 2.05) is 12.2 Å². The molecule has 15 heavy (non-hydrogen) atoms. The largest absolute Gasteiger partial charge is 0.465 e. The van der Waals surface area contributed by atoms with Crippen LogP contribution in [0, 0.1) is 0 Å². The highest BCUT2D eigenvalue weighted by Crippen LogP contribution is 2.16. The molecular formula is C11H12BrNO2. The Morgan fingerprint density at radius 1 is 1.60 bits per heavy atom. The lowest BCUT2D eigenvalue weighted by Gasteiger charge is -2.03. The number of carbonyl (C=O) groups is 1. The standard InChI is InChI=1S/C11H12BrNO2/c1-15-11(14)9-5-4-8(3-2-6-12)10(13)7-9/h2-5,7H,6,13H2,1H3. The molecule has 0 aliphatic rings. The Balaban J connectivity index is 2.98. The minimum atomic E-state index is -0.377. The van der Waals surface area contributed by atoms with Crippen LogP contribution in [0.4, 0.5) is 5.69 Å². The van der Waals surface area contributed by atoms with Crippen molar-refractivity contribution in [1.29, 1.82) is 0 Å². The second kappa shape index (κ2) is 5.56. The minimum Gasteiger partial charge on any atom is -0.465 e. The fourth-order valence-electron chi connectivity index (χ4n) is 1.14. The van der Waals surface area contributed by atoms with E-state index in [0.29, 0.717) is 11.3 Å². The van der Waals surface area contributed by atoms with E-state index >= 15 is 0 Å². The molecule has 0 unspecified atom stereocenters. The smallest absolute Gasteiger partial charge is 0.337 e. The number of ether oxygens (including phenoxy) is 1. The summed E-state index contributed by atoms with van der Waals surface area (Å²) in [5.74, 6) is -0.377. The molecule has 0 atom stereocenters. The summed E-state index contributed by atoms with van der Waals surface area (Å²) in [6.45, 7) is 0. The van der Waals surface area contributed by atoms with Crippen molar-refractivity contribution < 1.29 is 9.53 Å². The van der Waals surface area contributed by atoms with Crippen molar-refractivity contribution in [2.24, 2.45) is 0 Å². The van der Waals surface area contributed by atoms with Gasteiger partial charge in [0, 0.05) is 11.0 Å². The van der Waals surface area contributed by atoms with Gasteiger partial charge in [-0.15, -0.1) is 0 Å². The van der Waals surface area contributed by atoms with Crippen LogP contribution in [0.15, 0.2) is 24.3 Å². The van der Waals surface area contributed by atoms with Gasteiger partial charge in [-0.3, -0.25) is 0 Å². The molecule has 0 bridgehead atoms. The van der Waals surface area contributed by atoms with E-state index in [9.17, 15) is 4.79 Å². The highest BCUT2D eigenvalue weighted by atomic mass is 79.9. The molecule has 1 aromatic rings. The predicted molar refractivity (Wildman–Crippen MR) is 65.0 cm³/mol. The summed E-state index contributed by atoms with van der Waals surface area (Å²) in [4.78, 5) is 11.2. The number of methoxy groups -OCH3 is 1. The number of hydrogen-bond donors (Lipinski definition) is 1. The number of nitrogens with two attached hydrogens (primary N) is 1. The number of allylic oxidation sites excluding steroid dienone is 1. The molecule has 1 rings (SSSR count). The summed E-state index contributed by atoms with van der Waals surface area (Å²) in [5.41, 5.74) is 7.70. The van der Waals surface area contributed by atoms with Gasteiger partial charge < -0.3 is 10.5 Å². The molecule has 0 aliphatic heterocycles. The molecule has 0 fully saturated rings. The first kappa shape index (κ1) is 11.8. The Bertz CT molecular complexity index is 388. The van der Waals surface area contributed by atoms with Gasteiger partial charge >= 0.3 is 5.97 Å². The van der Waals surface area contributed by atoms with Gasteiger partial charge in [-0.1, -0.05) is 34.1 Å². The zero-order chi connectivity index (χ0) is 11.3. The van der Waals surface area contributed by atoms with Crippen molar-refractivity contribution in [3.05, 3.63) is 35.4 Å².